The van der Waals surface area contributed by atoms with Crippen LogP contribution in [0.5, 0.6) is 0 Å². The van der Waals surface area contributed by atoms with E-state index in [-0.39, 0.29) is 18.4 Å². The van der Waals surface area contributed by atoms with Crippen LogP contribution in [0.3, 0.4) is 0 Å². The average Bonchev–Trinajstić information content (AvgIpc) is 3.61. The smallest absolute Gasteiger partial charge is 0.369 e. The molecule has 37 heavy (non-hydrogen) atoms. The van der Waals surface area contributed by atoms with Gasteiger partial charge in [0.15, 0.2) is 6.04 Å². The van der Waals surface area contributed by atoms with Gasteiger partial charge in [0.2, 0.25) is 11.8 Å². The Morgan fingerprint density at radius 2 is 1.68 bits per heavy atom. The van der Waals surface area contributed by atoms with Crippen molar-refractivity contribution in [3.05, 3.63) is 53.7 Å². The van der Waals surface area contributed by atoms with Gasteiger partial charge in [-0.1, -0.05) is 30.3 Å². The molecule has 2 aromatic rings. The topological polar surface area (TPSA) is 126 Å². The number of nitrogens with two attached hydrogens (primary N) is 2. The summed E-state index contributed by atoms with van der Waals surface area (Å²) >= 11 is 0. The van der Waals surface area contributed by atoms with Crippen molar-refractivity contribution < 1.29 is 27.2 Å². The number of hydrogen-bond acceptors (Lipinski definition) is 5. The Balaban J connectivity index is 1.98. The van der Waals surface area contributed by atoms with Gasteiger partial charge in [0.1, 0.15) is 11.2 Å². The summed E-state index contributed by atoms with van der Waals surface area (Å²) in [6, 6.07) is 6.39. The summed E-state index contributed by atoms with van der Waals surface area (Å²) in [6.07, 6.45) is -3.84. The molecule has 1 fully saturated rings. The number of alkyl halides is 4. The van der Waals surface area contributed by atoms with Crippen molar-refractivity contribution in [2.45, 2.75) is 75.4 Å². The molecule has 3 rings (SSSR count). The lowest BCUT2D eigenvalue weighted by Crippen LogP contribution is -2.55. The molecule has 0 saturated heterocycles. The van der Waals surface area contributed by atoms with Gasteiger partial charge in [-0.15, -0.1) is 0 Å². The zero-order valence-corrected chi connectivity index (χ0v) is 20.7. The van der Waals surface area contributed by atoms with E-state index in [1.54, 1.807) is 19.1 Å². The second kappa shape index (κ2) is 10.1. The van der Waals surface area contributed by atoms with Crippen molar-refractivity contribution >= 4 is 11.8 Å². The van der Waals surface area contributed by atoms with Crippen LogP contribution in [-0.4, -0.2) is 45.1 Å². The molecule has 0 aliphatic heterocycles. The van der Waals surface area contributed by atoms with Crippen LogP contribution in [-0.2, 0) is 9.59 Å². The normalized spacial score (nSPS) is 17.3. The highest BCUT2D eigenvalue weighted by Gasteiger charge is 2.60. The van der Waals surface area contributed by atoms with Gasteiger partial charge in [0.25, 0.3) is 0 Å². The first-order chi connectivity index (χ1) is 17.1. The Hall–Kier alpha value is -3.52. The van der Waals surface area contributed by atoms with Crippen LogP contribution >= 0.6 is 0 Å². The summed E-state index contributed by atoms with van der Waals surface area (Å²) in [5.41, 5.74) is 8.87. The molecule has 0 spiro atoms. The van der Waals surface area contributed by atoms with Gasteiger partial charge in [-0.25, -0.2) is 4.39 Å². The predicted molar refractivity (Wildman–Crippen MR) is 128 cm³/mol. The zero-order chi connectivity index (χ0) is 27.8. The molecule has 1 aromatic carbocycles. The minimum absolute atomic E-state index is 0.0611. The number of carbonyl (C=O) groups is 2. The molecule has 11 heteroatoms. The van der Waals surface area contributed by atoms with Crippen molar-refractivity contribution in [2.24, 2.45) is 11.5 Å². The summed E-state index contributed by atoms with van der Waals surface area (Å²) in [6.45, 7) is 3.99. The largest absolute Gasteiger partial charge is 0.413 e. The first-order valence-electron chi connectivity index (χ1n) is 11.7. The highest BCUT2D eigenvalue weighted by atomic mass is 19.4. The molecule has 198 valence electrons. The number of primary amides is 1. The molecular formula is C26H29F4N5O2. The number of nitriles is 1. The Labute approximate surface area is 212 Å². The first-order valence-corrected chi connectivity index (χ1v) is 11.7. The second-order valence-corrected chi connectivity index (χ2v) is 10.0. The predicted octanol–water partition coefficient (Wildman–Crippen LogP) is 4.29. The fourth-order valence-electron chi connectivity index (χ4n) is 4.22. The lowest BCUT2D eigenvalue weighted by Gasteiger charge is -2.38. The average molecular weight is 520 g/mol. The third kappa shape index (κ3) is 6.25. The van der Waals surface area contributed by atoms with E-state index in [9.17, 15) is 32.4 Å². The highest BCUT2D eigenvalue weighted by molar-refractivity contribution is 5.84. The number of aromatic nitrogens is 1. The first kappa shape index (κ1) is 28.1. The second-order valence-electron chi connectivity index (χ2n) is 10.0. The maximum atomic E-state index is 14.5. The van der Waals surface area contributed by atoms with E-state index in [1.165, 1.54) is 44.3 Å². The highest BCUT2D eigenvalue weighted by Crippen LogP contribution is 2.50. The Morgan fingerprint density at radius 3 is 2.08 bits per heavy atom. The molecule has 1 aliphatic rings. The summed E-state index contributed by atoms with van der Waals surface area (Å²) in [7, 11) is 0. The number of rotatable bonds is 9. The van der Waals surface area contributed by atoms with Gasteiger partial charge in [-0.2, -0.15) is 18.4 Å². The number of amides is 2. The zero-order valence-electron chi connectivity index (χ0n) is 20.7. The van der Waals surface area contributed by atoms with Crippen LogP contribution in [0.1, 0.15) is 63.1 Å². The van der Waals surface area contributed by atoms with Crippen molar-refractivity contribution in [3.63, 3.8) is 0 Å². The monoisotopic (exact) mass is 519 g/mol. The maximum Gasteiger partial charge on any atom is 0.413 e. The van der Waals surface area contributed by atoms with Gasteiger partial charge in [-0.05, 0) is 50.8 Å². The van der Waals surface area contributed by atoms with E-state index in [0.29, 0.717) is 21.7 Å². The van der Waals surface area contributed by atoms with E-state index in [2.05, 4.69) is 4.98 Å². The summed E-state index contributed by atoms with van der Waals surface area (Å²) in [4.78, 5) is 29.3. The fraction of sp³-hybridized carbons (Fsp3) is 0.462. The number of pyridine rings is 1. The Bertz CT molecular complexity index is 1180. The Morgan fingerprint density at radius 1 is 1.11 bits per heavy atom. The lowest BCUT2D eigenvalue weighted by molar-refractivity contribution is -0.198. The molecule has 0 radical (unpaired) electrons. The van der Waals surface area contributed by atoms with Crippen molar-refractivity contribution in [3.8, 4) is 17.3 Å². The quantitative estimate of drug-likeness (QED) is 0.478. The van der Waals surface area contributed by atoms with Gasteiger partial charge in [-0.3, -0.25) is 14.6 Å². The fourth-order valence-corrected chi connectivity index (χ4v) is 4.22. The molecule has 1 unspecified atom stereocenters. The SMILES string of the molecule is CC(C(N)=O)c1ccc(-c2ccc([C@H](N(C(=O)[C@@H](N)CC(C)(C)F)C3(C#N)CC3)C(F)(F)F)cc2)nc1. The molecule has 3 atom stereocenters. The summed E-state index contributed by atoms with van der Waals surface area (Å²) < 4.78 is 57.5. The van der Waals surface area contributed by atoms with Crippen LogP contribution in [0.25, 0.3) is 11.3 Å². The summed E-state index contributed by atoms with van der Waals surface area (Å²) in [5, 5.41) is 9.68. The summed E-state index contributed by atoms with van der Waals surface area (Å²) in [5.74, 6) is -2.20. The third-order valence-electron chi connectivity index (χ3n) is 6.46. The molecule has 4 N–H and O–H groups in total. The molecule has 7 nitrogen and oxygen atoms in total. The number of hydrogen-bond donors (Lipinski definition) is 2. The van der Waals surface area contributed by atoms with Gasteiger partial charge in [0.05, 0.1) is 23.7 Å². The van der Waals surface area contributed by atoms with E-state index in [1.807, 2.05) is 6.07 Å². The number of nitrogens with zero attached hydrogens (tertiary/aromatic N) is 3. The van der Waals surface area contributed by atoms with E-state index in [0.717, 1.165) is 0 Å². The number of benzene rings is 1. The molecule has 0 bridgehead atoms. The van der Waals surface area contributed by atoms with Crippen molar-refractivity contribution in [2.75, 3.05) is 0 Å². The minimum atomic E-state index is -4.93. The van der Waals surface area contributed by atoms with Crippen LogP contribution in [0.15, 0.2) is 42.6 Å². The van der Waals surface area contributed by atoms with Crippen LogP contribution in [0.2, 0.25) is 0 Å². The lowest BCUT2D eigenvalue weighted by atomic mass is 9.95. The van der Waals surface area contributed by atoms with Gasteiger partial charge in [0, 0.05) is 18.2 Å². The number of carbonyl (C=O) groups excluding carboxylic acids is 2. The standard InChI is InChI=1S/C26H29F4N5O2/c1-15(22(33)36)18-8-9-20(34-13-18)16-4-6-17(7-5-16)21(26(28,29)30)35(25(14-31)10-11-25)23(37)19(32)12-24(2,3)27/h4-9,13,15,19,21H,10-12,32H2,1-3H3,(H2,33,36)/t15?,19-,21-/m0/s1. The maximum absolute atomic E-state index is 14.5. The van der Waals surface area contributed by atoms with E-state index >= 15 is 0 Å². The molecule has 1 aliphatic carbocycles. The Kier molecular flexibility index (Phi) is 7.65. The van der Waals surface area contributed by atoms with Gasteiger partial charge >= 0.3 is 6.18 Å². The molecule has 2 amide bonds. The molecule has 1 aromatic heterocycles. The van der Waals surface area contributed by atoms with Crippen LogP contribution in [0.4, 0.5) is 17.6 Å². The minimum Gasteiger partial charge on any atom is -0.369 e. The number of halogens is 4. The van der Waals surface area contributed by atoms with Crippen LogP contribution < -0.4 is 11.5 Å². The molecule has 1 heterocycles. The third-order valence-corrected chi connectivity index (χ3v) is 6.46. The van der Waals surface area contributed by atoms with Crippen LogP contribution in [0, 0.1) is 11.3 Å². The van der Waals surface area contributed by atoms with E-state index in [4.69, 9.17) is 11.5 Å². The van der Waals surface area contributed by atoms with E-state index < -0.39 is 53.6 Å². The van der Waals surface area contributed by atoms with Crippen molar-refractivity contribution in [1.82, 2.24) is 9.88 Å². The molecular weight excluding hydrogens is 490 g/mol. The van der Waals surface area contributed by atoms with Gasteiger partial charge < -0.3 is 16.4 Å². The van der Waals surface area contributed by atoms with Crippen molar-refractivity contribution in [1.29, 1.82) is 5.26 Å². The molecule has 1 saturated carbocycles.